The lowest BCUT2D eigenvalue weighted by Gasteiger charge is -2.24. The Balaban J connectivity index is 4.31. The van der Waals surface area contributed by atoms with E-state index in [-0.39, 0.29) is 19.6 Å². The molecule has 0 radical (unpaired) electrons. The Hall–Kier alpha value is -1.06. The number of phosphoric ester groups is 1. The molecule has 0 aliphatic carbocycles. The van der Waals surface area contributed by atoms with Gasteiger partial charge in [0.15, 0.2) is 0 Å². The van der Waals surface area contributed by atoms with Gasteiger partial charge in [-0.05, 0) is 44.9 Å². The van der Waals surface area contributed by atoms with Crippen molar-refractivity contribution < 1.29 is 33.5 Å². The standard InChI is InChI=1S/C45H89N2O7P/c1-3-5-7-9-11-13-15-17-19-21-23-25-27-29-31-33-35-37-44(49)43(41-54-55(51,52)53-39-38-46)47-45(50)40-42(48)36-34-32-30-28-26-24-22-20-18-16-14-12-10-8-6-4-2/h24,26,35,37,42-44,48-49H,3-23,25,27-34,36,38-41,46H2,1-2H3,(H,47,50)(H,51,52)/b26-24-,37-35+. The summed E-state index contributed by atoms with van der Waals surface area (Å²) in [6.45, 7) is 3.98. The van der Waals surface area contributed by atoms with Crippen molar-refractivity contribution in [2.75, 3.05) is 19.8 Å². The third-order valence-corrected chi connectivity index (χ3v) is 11.3. The minimum atomic E-state index is -4.40. The van der Waals surface area contributed by atoms with Gasteiger partial charge in [0.05, 0.1) is 37.9 Å². The van der Waals surface area contributed by atoms with Crippen molar-refractivity contribution in [3.63, 3.8) is 0 Å². The Morgan fingerprint density at radius 1 is 0.618 bits per heavy atom. The van der Waals surface area contributed by atoms with Crippen molar-refractivity contribution in [1.82, 2.24) is 5.32 Å². The molecule has 0 fully saturated rings. The van der Waals surface area contributed by atoms with Gasteiger partial charge in [0.2, 0.25) is 5.91 Å². The summed E-state index contributed by atoms with van der Waals surface area (Å²) >= 11 is 0. The number of hydrogen-bond donors (Lipinski definition) is 5. The molecule has 0 aromatic rings. The highest BCUT2D eigenvalue weighted by molar-refractivity contribution is 7.47. The zero-order valence-corrected chi connectivity index (χ0v) is 36.7. The lowest BCUT2D eigenvalue weighted by molar-refractivity contribution is -0.124. The molecule has 0 bridgehead atoms. The number of carbonyl (C=O) groups excluding carboxylic acids is 1. The third kappa shape index (κ3) is 39.5. The van der Waals surface area contributed by atoms with Gasteiger partial charge in [0, 0.05) is 6.54 Å². The minimum absolute atomic E-state index is 0.0483. The molecule has 6 N–H and O–H groups in total. The van der Waals surface area contributed by atoms with Crippen LogP contribution in [-0.2, 0) is 18.4 Å². The highest BCUT2D eigenvalue weighted by Gasteiger charge is 2.27. The van der Waals surface area contributed by atoms with Crippen molar-refractivity contribution >= 4 is 13.7 Å². The maximum absolute atomic E-state index is 12.8. The second kappa shape index (κ2) is 41.1. The van der Waals surface area contributed by atoms with E-state index in [0.717, 1.165) is 51.4 Å². The fourth-order valence-electron chi connectivity index (χ4n) is 6.82. The van der Waals surface area contributed by atoms with Gasteiger partial charge in [-0.15, -0.1) is 0 Å². The highest BCUT2D eigenvalue weighted by Crippen LogP contribution is 2.43. The monoisotopic (exact) mass is 801 g/mol. The van der Waals surface area contributed by atoms with Crippen LogP contribution in [0, 0.1) is 0 Å². The van der Waals surface area contributed by atoms with Crippen LogP contribution in [0.15, 0.2) is 24.3 Å². The molecule has 10 heteroatoms. The number of aliphatic hydroxyl groups is 2. The molecule has 4 atom stereocenters. The van der Waals surface area contributed by atoms with Crippen LogP contribution in [0.25, 0.3) is 0 Å². The van der Waals surface area contributed by atoms with Gasteiger partial charge in [-0.2, -0.15) is 0 Å². The van der Waals surface area contributed by atoms with E-state index in [2.05, 4.69) is 31.3 Å². The average Bonchev–Trinajstić information content (AvgIpc) is 3.16. The molecule has 0 aliphatic rings. The van der Waals surface area contributed by atoms with Gasteiger partial charge >= 0.3 is 7.82 Å². The third-order valence-electron chi connectivity index (χ3n) is 10.3. The maximum atomic E-state index is 12.8. The van der Waals surface area contributed by atoms with E-state index in [0.29, 0.717) is 6.42 Å². The van der Waals surface area contributed by atoms with Gasteiger partial charge < -0.3 is 26.2 Å². The van der Waals surface area contributed by atoms with E-state index < -0.39 is 38.6 Å². The van der Waals surface area contributed by atoms with E-state index in [4.69, 9.17) is 14.8 Å². The molecule has 55 heavy (non-hydrogen) atoms. The summed E-state index contributed by atoms with van der Waals surface area (Å²) in [6.07, 6.45) is 44.0. The van der Waals surface area contributed by atoms with E-state index >= 15 is 0 Å². The molecular formula is C45H89N2O7P. The Kier molecular flexibility index (Phi) is 40.3. The first kappa shape index (κ1) is 53.9. The number of allylic oxidation sites excluding steroid dienone is 3. The van der Waals surface area contributed by atoms with Gasteiger partial charge in [-0.1, -0.05) is 192 Å². The fourth-order valence-corrected chi connectivity index (χ4v) is 7.58. The lowest BCUT2D eigenvalue weighted by Crippen LogP contribution is -2.46. The van der Waals surface area contributed by atoms with Crippen LogP contribution in [0.3, 0.4) is 0 Å². The number of rotatable bonds is 43. The quantitative estimate of drug-likeness (QED) is 0.0232. The summed E-state index contributed by atoms with van der Waals surface area (Å²) in [4.78, 5) is 22.8. The van der Waals surface area contributed by atoms with Gasteiger partial charge in [-0.3, -0.25) is 13.8 Å². The number of phosphoric acid groups is 1. The van der Waals surface area contributed by atoms with Crippen LogP contribution in [0.1, 0.15) is 219 Å². The predicted molar refractivity (Wildman–Crippen MR) is 232 cm³/mol. The molecule has 1 amide bonds. The molecule has 0 saturated heterocycles. The van der Waals surface area contributed by atoms with E-state index in [1.165, 1.54) is 141 Å². The number of amides is 1. The second-order valence-corrected chi connectivity index (χ2v) is 17.3. The Morgan fingerprint density at radius 2 is 1.02 bits per heavy atom. The first-order valence-corrected chi connectivity index (χ1v) is 24.5. The smallest absolute Gasteiger partial charge is 0.393 e. The molecule has 0 aromatic heterocycles. The molecule has 0 aliphatic heterocycles. The number of carbonyl (C=O) groups is 1. The van der Waals surface area contributed by atoms with Crippen LogP contribution in [0.5, 0.6) is 0 Å². The Labute approximate surface area is 339 Å². The maximum Gasteiger partial charge on any atom is 0.472 e. The molecule has 0 aromatic carbocycles. The summed E-state index contributed by atoms with van der Waals surface area (Å²) in [5.41, 5.74) is 5.37. The zero-order valence-electron chi connectivity index (χ0n) is 35.8. The van der Waals surface area contributed by atoms with Crippen LogP contribution >= 0.6 is 7.82 Å². The summed E-state index contributed by atoms with van der Waals surface area (Å²) in [5.74, 6) is -0.453. The van der Waals surface area contributed by atoms with Gasteiger partial charge in [-0.25, -0.2) is 4.57 Å². The normalized spacial score (nSPS) is 14.8. The fraction of sp³-hybridized carbons (Fsp3) is 0.889. The topological polar surface area (TPSA) is 151 Å². The summed E-state index contributed by atoms with van der Waals surface area (Å²) in [5, 5.41) is 24.1. The van der Waals surface area contributed by atoms with Gasteiger partial charge in [0.25, 0.3) is 0 Å². The van der Waals surface area contributed by atoms with E-state index in [1.54, 1.807) is 6.08 Å². The van der Waals surface area contributed by atoms with Crippen LogP contribution < -0.4 is 11.1 Å². The van der Waals surface area contributed by atoms with Crippen molar-refractivity contribution in [1.29, 1.82) is 0 Å². The number of unbranched alkanes of at least 4 members (excludes halogenated alkanes) is 27. The van der Waals surface area contributed by atoms with Crippen molar-refractivity contribution in [3.8, 4) is 0 Å². The predicted octanol–water partition coefficient (Wildman–Crippen LogP) is 11.9. The Morgan fingerprint density at radius 3 is 1.45 bits per heavy atom. The van der Waals surface area contributed by atoms with Crippen LogP contribution in [0.4, 0.5) is 0 Å². The number of nitrogens with two attached hydrogens (primary N) is 1. The van der Waals surface area contributed by atoms with E-state index in [9.17, 15) is 24.5 Å². The number of nitrogens with one attached hydrogen (secondary N) is 1. The van der Waals surface area contributed by atoms with E-state index in [1.807, 2.05) is 6.08 Å². The SMILES string of the molecule is CCCCCCCCCCC/C=C\CCCCCC(O)CC(=O)NC(COP(=O)(O)OCCN)C(O)/C=C/CCCCCCCCCCCCCCCCC. The summed E-state index contributed by atoms with van der Waals surface area (Å²) in [6, 6.07) is -0.985. The molecule has 0 rings (SSSR count). The van der Waals surface area contributed by atoms with Crippen LogP contribution in [0.2, 0.25) is 0 Å². The molecule has 326 valence electrons. The molecular weight excluding hydrogens is 711 g/mol. The Bertz CT molecular complexity index is 935. The first-order valence-electron chi connectivity index (χ1n) is 23.0. The lowest BCUT2D eigenvalue weighted by atomic mass is 10.0. The summed E-state index contributed by atoms with van der Waals surface area (Å²) < 4.78 is 22.1. The summed E-state index contributed by atoms with van der Waals surface area (Å²) in [7, 11) is -4.40. The average molecular weight is 801 g/mol. The molecule has 9 nitrogen and oxygen atoms in total. The highest BCUT2D eigenvalue weighted by atomic mass is 31.2. The van der Waals surface area contributed by atoms with Crippen molar-refractivity contribution in [2.45, 2.75) is 238 Å². The molecule has 0 spiro atoms. The van der Waals surface area contributed by atoms with Gasteiger partial charge in [0.1, 0.15) is 0 Å². The largest absolute Gasteiger partial charge is 0.472 e. The molecule has 0 heterocycles. The minimum Gasteiger partial charge on any atom is -0.393 e. The van der Waals surface area contributed by atoms with Crippen molar-refractivity contribution in [2.24, 2.45) is 5.73 Å². The zero-order chi connectivity index (χ0) is 40.5. The second-order valence-electron chi connectivity index (χ2n) is 15.8. The molecule has 4 unspecified atom stereocenters. The molecule has 0 saturated carbocycles. The van der Waals surface area contributed by atoms with Crippen LogP contribution in [-0.4, -0.2) is 59.0 Å². The first-order chi connectivity index (χ1) is 26.8. The number of aliphatic hydroxyl groups excluding tert-OH is 2. The number of hydrogen-bond acceptors (Lipinski definition) is 7. The van der Waals surface area contributed by atoms with Crippen molar-refractivity contribution in [3.05, 3.63) is 24.3 Å².